The predicted octanol–water partition coefficient (Wildman–Crippen LogP) is 3.55. The number of hydrogen-bond donors (Lipinski definition) is 1. The van der Waals surface area contributed by atoms with Gasteiger partial charge in [0.15, 0.2) is 17.1 Å². The molecule has 4 aromatic rings. The number of methoxy groups -OCH3 is 2. The van der Waals surface area contributed by atoms with Crippen molar-refractivity contribution in [3.63, 3.8) is 0 Å². The highest BCUT2D eigenvalue weighted by atomic mass is 19.1. The second-order valence-electron chi connectivity index (χ2n) is 8.08. The Morgan fingerprint density at radius 3 is 2.56 bits per heavy atom. The highest BCUT2D eigenvalue weighted by molar-refractivity contribution is 5.72. The zero-order valence-electron chi connectivity index (χ0n) is 19.2. The summed E-state index contributed by atoms with van der Waals surface area (Å²) in [7, 11) is 3.15. The Balaban J connectivity index is 1.54. The van der Waals surface area contributed by atoms with E-state index in [1.807, 2.05) is 24.3 Å². The summed E-state index contributed by atoms with van der Waals surface area (Å²) < 4.78 is 28.0. The molecule has 0 amide bonds. The normalized spacial score (nSPS) is 14.3. The molecule has 2 aromatic carbocycles. The van der Waals surface area contributed by atoms with Crippen molar-refractivity contribution in [1.82, 2.24) is 24.8 Å². The molecule has 2 aromatic heterocycles. The van der Waals surface area contributed by atoms with Crippen LogP contribution in [0.25, 0.3) is 16.8 Å². The van der Waals surface area contributed by atoms with E-state index in [1.54, 1.807) is 55.4 Å². The van der Waals surface area contributed by atoms with E-state index in [1.165, 1.54) is 0 Å². The third-order valence-electron chi connectivity index (χ3n) is 6.06. The monoisotopic (exact) mass is 462 g/mol. The lowest BCUT2D eigenvalue weighted by Crippen LogP contribution is -2.47. The van der Waals surface area contributed by atoms with Gasteiger partial charge in [0, 0.05) is 49.7 Å². The number of hydrogen-bond acceptors (Lipinski definition) is 7. The third kappa shape index (κ3) is 4.27. The SMILES string of the molecule is COc1ccc(-c2ccc(N(CN3CCNCC3)c3ccnc4ccnn34)cc2F)cc1OC. The molecule has 1 saturated heterocycles. The molecule has 1 fully saturated rings. The minimum Gasteiger partial charge on any atom is -0.493 e. The van der Waals surface area contributed by atoms with Crippen LogP contribution in [-0.2, 0) is 0 Å². The number of benzene rings is 2. The first kappa shape index (κ1) is 22.1. The van der Waals surface area contributed by atoms with Gasteiger partial charge in [-0.15, -0.1) is 0 Å². The maximum absolute atomic E-state index is 15.5. The van der Waals surface area contributed by atoms with E-state index in [9.17, 15) is 0 Å². The molecule has 1 N–H and O–H groups in total. The van der Waals surface area contributed by atoms with E-state index in [0.717, 1.165) is 43.3 Å². The summed E-state index contributed by atoms with van der Waals surface area (Å²) in [6, 6.07) is 14.5. The van der Waals surface area contributed by atoms with E-state index >= 15 is 4.39 Å². The zero-order valence-corrected chi connectivity index (χ0v) is 19.2. The van der Waals surface area contributed by atoms with Gasteiger partial charge >= 0.3 is 0 Å². The summed E-state index contributed by atoms with van der Waals surface area (Å²) in [6.07, 6.45) is 3.47. The summed E-state index contributed by atoms with van der Waals surface area (Å²) >= 11 is 0. The fourth-order valence-corrected chi connectivity index (χ4v) is 4.27. The van der Waals surface area contributed by atoms with Gasteiger partial charge in [0.25, 0.3) is 0 Å². The standard InChI is InChI=1S/C25H27FN6O2/c1-33-22-6-3-18(15-23(22)34-2)20-5-4-19(16-21(20)26)31(17-30-13-11-27-12-14-30)25-8-9-28-24-7-10-29-32(24)25/h3-10,15-16,27H,11-14,17H2,1-2H3. The average Bonchev–Trinajstić information content (AvgIpc) is 3.37. The molecule has 0 aliphatic carbocycles. The molecule has 9 heteroatoms. The highest BCUT2D eigenvalue weighted by Crippen LogP contribution is 2.35. The minimum absolute atomic E-state index is 0.319. The highest BCUT2D eigenvalue weighted by Gasteiger charge is 2.20. The Labute approximate surface area is 197 Å². The van der Waals surface area contributed by atoms with Crippen LogP contribution >= 0.6 is 0 Å². The Kier molecular flexibility index (Phi) is 6.29. The summed E-state index contributed by atoms with van der Waals surface area (Å²) in [5.74, 6) is 1.67. The van der Waals surface area contributed by atoms with Gasteiger partial charge in [-0.3, -0.25) is 4.90 Å². The Bertz CT molecular complexity index is 1290. The van der Waals surface area contributed by atoms with Crippen molar-refractivity contribution in [1.29, 1.82) is 0 Å². The molecule has 3 heterocycles. The average molecular weight is 463 g/mol. The van der Waals surface area contributed by atoms with Crippen LogP contribution in [-0.4, -0.2) is 66.6 Å². The molecule has 1 aliphatic heterocycles. The van der Waals surface area contributed by atoms with Crippen molar-refractivity contribution in [3.05, 3.63) is 66.7 Å². The molecule has 176 valence electrons. The largest absolute Gasteiger partial charge is 0.493 e. The molecule has 0 radical (unpaired) electrons. The number of nitrogens with one attached hydrogen (secondary N) is 1. The molecule has 0 saturated carbocycles. The number of fused-ring (bicyclic) bond motifs is 1. The van der Waals surface area contributed by atoms with E-state index in [0.29, 0.717) is 29.3 Å². The van der Waals surface area contributed by atoms with Gasteiger partial charge in [0.05, 0.1) is 27.1 Å². The van der Waals surface area contributed by atoms with Crippen molar-refractivity contribution in [2.24, 2.45) is 0 Å². The molecule has 34 heavy (non-hydrogen) atoms. The Hall–Kier alpha value is -3.69. The number of ether oxygens (including phenoxy) is 2. The van der Waals surface area contributed by atoms with Crippen LogP contribution in [0.15, 0.2) is 60.9 Å². The molecule has 0 spiro atoms. The van der Waals surface area contributed by atoms with Crippen molar-refractivity contribution >= 4 is 17.2 Å². The fourth-order valence-electron chi connectivity index (χ4n) is 4.27. The van der Waals surface area contributed by atoms with Gasteiger partial charge < -0.3 is 19.7 Å². The molecule has 5 rings (SSSR count). The lowest BCUT2D eigenvalue weighted by atomic mass is 10.0. The Morgan fingerprint density at radius 1 is 0.971 bits per heavy atom. The quantitative estimate of drug-likeness (QED) is 0.451. The third-order valence-corrected chi connectivity index (χ3v) is 6.06. The summed E-state index contributed by atoms with van der Waals surface area (Å²) in [5.41, 5.74) is 2.69. The van der Waals surface area contributed by atoms with E-state index in [2.05, 4.69) is 25.2 Å². The summed E-state index contributed by atoms with van der Waals surface area (Å²) in [5, 5.41) is 7.82. The fraction of sp³-hybridized carbons (Fsp3) is 0.280. The lowest BCUT2D eigenvalue weighted by Gasteiger charge is -2.34. The number of rotatable bonds is 7. The predicted molar refractivity (Wildman–Crippen MR) is 129 cm³/mol. The van der Waals surface area contributed by atoms with Gasteiger partial charge in [-0.1, -0.05) is 6.07 Å². The topological polar surface area (TPSA) is 67.2 Å². The smallest absolute Gasteiger partial charge is 0.161 e. The van der Waals surface area contributed by atoms with Gasteiger partial charge in [-0.2, -0.15) is 9.61 Å². The summed E-state index contributed by atoms with van der Waals surface area (Å²) in [6.45, 7) is 4.28. The maximum Gasteiger partial charge on any atom is 0.161 e. The second kappa shape index (κ2) is 9.66. The van der Waals surface area contributed by atoms with Crippen LogP contribution in [0, 0.1) is 5.82 Å². The van der Waals surface area contributed by atoms with Crippen molar-refractivity contribution in [2.45, 2.75) is 0 Å². The van der Waals surface area contributed by atoms with E-state index < -0.39 is 0 Å². The molecule has 0 atom stereocenters. The maximum atomic E-state index is 15.5. The zero-order chi connectivity index (χ0) is 23.5. The number of halogens is 1. The van der Waals surface area contributed by atoms with Gasteiger partial charge in [-0.25, -0.2) is 9.37 Å². The number of piperazine rings is 1. The van der Waals surface area contributed by atoms with Crippen LogP contribution < -0.4 is 19.7 Å². The van der Waals surface area contributed by atoms with Gasteiger partial charge in [0.2, 0.25) is 0 Å². The second-order valence-corrected chi connectivity index (χ2v) is 8.08. The van der Waals surface area contributed by atoms with Crippen LogP contribution in [0.1, 0.15) is 0 Å². The number of aromatic nitrogens is 3. The van der Waals surface area contributed by atoms with E-state index in [-0.39, 0.29) is 5.82 Å². The number of anilines is 2. The van der Waals surface area contributed by atoms with E-state index in [4.69, 9.17) is 9.47 Å². The van der Waals surface area contributed by atoms with Crippen molar-refractivity contribution < 1.29 is 13.9 Å². The first-order valence-electron chi connectivity index (χ1n) is 11.2. The van der Waals surface area contributed by atoms with Crippen LogP contribution in [0.4, 0.5) is 15.9 Å². The van der Waals surface area contributed by atoms with Gasteiger partial charge in [0.1, 0.15) is 11.6 Å². The molecule has 8 nitrogen and oxygen atoms in total. The van der Waals surface area contributed by atoms with Crippen LogP contribution in [0.5, 0.6) is 11.5 Å². The summed E-state index contributed by atoms with van der Waals surface area (Å²) in [4.78, 5) is 8.80. The Morgan fingerprint density at radius 2 is 1.79 bits per heavy atom. The molecular weight excluding hydrogens is 435 g/mol. The molecule has 1 aliphatic rings. The van der Waals surface area contributed by atoms with Crippen LogP contribution in [0.2, 0.25) is 0 Å². The minimum atomic E-state index is -0.319. The first-order chi connectivity index (χ1) is 16.7. The van der Waals surface area contributed by atoms with Crippen molar-refractivity contribution in [3.8, 4) is 22.6 Å². The lowest BCUT2D eigenvalue weighted by molar-refractivity contribution is 0.246. The number of nitrogens with zero attached hydrogens (tertiary/aromatic N) is 5. The van der Waals surface area contributed by atoms with Gasteiger partial charge in [-0.05, 0) is 42.0 Å². The molecule has 0 bridgehead atoms. The van der Waals surface area contributed by atoms with Crippen LogP contribution in [0.3, 0.4) is 0 Å². The van der Waals surface area contributed by atoms with Crippen molar-refractivity contribution in [2.75, 3.05) is 52.0 Å². The first-order valence-corrected chi connectivity index (χ1v) is 11.2. The molecule has 0 unspecified atom stereocenters. The molecular formula is C25H27FN6O2.